The van der Waals surface area contributed by atoms with Gasteiger partial charge in [-0.2, -0.15) is 0 Å². The van der Waals surface area contributed by atoms with Crippen LogP contribution < -0.4 is 10.6 Å². The molecule has 1 aromatic rings. The average molecular weight is 443 g/mol. The van der Waals surface area contributed by atoms with Gasteiger partial charge in [0.05, 0.1) is 24.6 Å². The molecule has 0 saturated heterocycles. The number of carbonyl (C=O) groups is 3. The molecule has 1 saturated carbocycles. The zero-order chi connectivity index (χ0) is 22.8. The van der Waals surface area contributed by atoms with Gasteiger partial charge in [-0.05, 0) is 37.7 Å². The lowest BCUT2D eigenvalue weighted by Gasteiger charge is -2.29. The highest BCUT2D eigenvalue weighted by atomic mass is 16.5. The molecule has 0 radical (unpaired) electrons. The topological polar surface area (TPSA) is 105 Å². The molecule has 0 unspecified atom stereocenters. The Morgan fingerprint density at radius 2 is 1.88 bits per heavy atom. The minimum atomic E-state index is -0.577. The van der Waals surface area contributed by atoms with Gasteiger partial charge >= 0.3 is 5.97 Å². The molecule has 32 heavy (non-hydrogen) atoms. The predicted octanol–water partition coefficient (Wildman–Crippen LogP) is 2.94. The van der Waals surface area contributed by atoms with Gasteiger partial charge in [0.15, 0.2) is 0 Å². The summed E-state index contributed by atoms with van der Waals surface area (Å²) in [5.41, 5.74) is 0.258. The van der Waals surface area contributed by atoms with Gasteiger partial charge in [0.1, 0.15) is 6.10 Å². The molecule has 1 aliphatic carbocycles. The second kappa shape index (κ2) is 11.8. The van der Waals surface area contributed by atoms with Crippen molar-refractivity contribution < 1.29 is 24.2 Å². The molecule has 2 atom stereocenters. The molecule has 174 valence electrons. The van der Waals surface area contributed by atoms with Gasteiger partial charge in [0, 0.05) is 12.8 Å². The van der Waals surface area contributed by atoms with Crippen LogP contribution in [-0.2, 0) is 19.1 Å². The Balaban J connectivity index is 1.68. The zero-order valence-electron chi connectivity index (χ0n) is 18.6. The molecule has 0 aromatic heterocycles. The number of allylic oxidation sites excluding steroid dienone is 2. The van der Waals surface area contributed by atoms with Gasteiger partial charge in [0.25, 0.3) is 0 Å². The van der Waals surface area contributed by atoms with Crippen LogP contribution in [0.1, 0.15) is 69.5 Å². The Kier molecular flexibility index (Phi) is 8.85. The molecular weight excluding hydrogens is 408 g/mol. The van der Waals surface area contributed by atoms with Crippen LogP contribution in [0.25, 0.3) is 0 Å². The highest BCUT2D eigenvalue weighted by Crippen LogP contribution is 2.29. The lowest BCUT2D eigenvalue weighted by Crippen LogP contribution is -2.50. The van der Waals surface area contributed by atoms with Crippen LogP contribution >= 0.6 is 0 Å². The molecule has 3 rings (SSSR count). The first kappa shape index (κ1) is 24.0. The third-order valence-electron chi connectivity index (χ3n) is 6.32. The normalized spacial score (nSPS) is 24.4. The summed E-state index contributed by atoms with van der Waals surface area (Å²) >= 11 is 0. The number of cyclic esters (lactones) is 1. The van der Waals surface area contributed by atoms with Crippen LogP contribution in [0.4, 0.5) is 0 Å². The molecule has 1 fully saturated rings. The fourth-order valence-electron chi connectivity index (χ4n) is 4.42. The van der Waals surface area contributed by atoms with Crippen molar-refractivity contribution >= 4 is 17.8 Å². The second-order valence-electron chi connectivity index (χ2n) is 8.83. The van der Waals surface area contributed by atoms with E-state index in [4.69, 9.17) is 4.74 Å². The van der Waals surface area contributed by atoms with Crippen LogP contribution in [0.3, 0.4) is 0 Å². The minimum Gasteiger partial charge on any atom is -0.456 e. The maximum Gasteiger partial charge on any atom is 0.306 e. The number of carbonyl (C=O) groups excluding carboxylic acids is 3. The first-order chi connectivity index (χ1) is 15.5. The molecule has 7 heteroatoms. The van der Waals surface area contributed by atoms with Gasteiger partial charge in [-0.15, -0.1) is 0 Å². The van der Waals surface area contributed by atoms with E-state index >= 15 is 0 Å². The van der Waals surface area contributed by atoms with E-state index in [1.165, 1.54) is 0 Å². The van der Waals surface area contributed by atoms with Gasteiger partial charge in [-0.1, -0.05) is 55.3 Å². The van der Waals surface area contributed by atoms with E-state index in [1.807, 2.05) is 42.5 Å². The first-order valence-corrected chi connectivity index (χ1v) is 11.6. The monoisotopic (exact) mass is 442 g/mol. The second-order valence-corrected chi connectivity index (χ2v) is 8.83. The lowest BCUT2D eigenvalue weighted by molar-refractivity contribution is -0.150. The van der Waals surface area contributed by atoms with Crippen molar-refractivity contribution in [1.82, 2.24) is 10.6 Å². The van der Waals surface area contributed by atoms with Crippen molar-refractivity contribution in [3.8, 4) is 0 Å². The van der Waals surface area contributed by atoms with Crippen LogP contribution in [0.15, 0.2) is 42.5 Å². The van der Waals surface area contributed by atoms with Crippen molar-refractivity contribution in [1.29, 1.82) is 0 Å². The summed E-state index contributed by atoms with van der Waals surface area (Å²) in [6.45, 7) is 0.0661. The van der Waals surface area contributed by atoms with E-state index in [9.17, 15) is 19.5 Å². The number of aliphatic hydroxyl groups is 1. The smallest absolute Gasteiger partial charge is 0.306 e. The van der Waals surface area contributed by atoms with Crippen LogP contribution in [0, 0.1) is 5.92 Å². The fraction of sp³-hybridized carbons (Fsp3) is 0.560. The largest absolute Gasteiger partial charge is 0.456 e. The highest BCUT2D eigenvalue weighted by molar-refractivity contribution is 5.86. The minimum absolute atomic E-state index is 0.0493. The van der Waals surface area contributed by atoms with E-state index in [-0.39, 0.29) is 37.4 Å². The number of rotatable bonds is 5. The number of nitrogens with one attached hydrogen (secondary N) is 2. The molecule has 1 aliphatic heterocycles. The SMILES string of the molecule is O=C(C[C@H]1CC=CCCCC(=O)O[C@@H](c2ccccc2)CNC1=O)NC1(CO)CCCC1. The zero-order valence-corrected chi connectivity index (χ0v) is 18.6. The number of ether oxygens (including phenoxy) is 1. The fourth-order valence-corrected chi connectivity index (χ4v) is 4.42. The quantitative estimate of drug-likeness (QED) is 0.480. The van der Waals surface area contributed by atoms with E-state index in [0.29, 0.717) is 25.7 Å². The number of esters is 1. The summed E-state index contributed by atoms with van der Waals surface area (Å²) in [7, 11) is 0. The number of hydrogen-bond donors (Lipinski definition) is 3. The Hall–Kier alpha value is -2.67. The van der Waals surface area contributed by atoms with Crippen molar-refractivity contribution in [3.63, 3.8) is 0 Å². The van der Waals surface area contributed by atoms with E-state index in [1.54, 1.807) is 0 Å². The van der Waals surface area contributed by atoms with Crippen LogP contribution in [-0.4, -0.2) is 41.6 Å². The van der Waals surface area contributed by atoms with Crippen molar-refractivity contribution in [3.05, 3.63) is 48.0 Å². The molecule has 2 amide bonds. The molecule has 0 spiro atoms. The van der Waals surface area contributed by atoms with E-state index < -0.39 is 17.6 Å². The number of aliphatic hydroxyl groups excluding tert-OH is 1. The molecule has 1 aromatic carbocycles. The van der Waals surface area contributed by atoms with Gasteiger partial charge in [-0.25, -0.2) is 0 Å². The maximum atomic E-state index is 13.0. The van der Waals surface area contributed by atoms with Crippen LogP contribution in [0.5, 0.6) is 0 Å². The van der Waals surface area contributed by atoms with Gasteiger partial charge in [-0.3, -0.25) is 14.4 Å². The number of amides is 2. The number of hydrogen-bond acceptors (Lipinski definition) is 5. The molecule has 2 aliphatic rings. The third kappa shape index (κ3) is 6.92. The highest BCUT2D eigenvalue weighted by Gasteiger charge is 2.35. The molecule has 7 nitrogen and oxygen atoms in total. The van der Waals surface area contributed by atoms with Crippen molar-refractivity contribution in [2.24, 2.45) is 5.92 Å². The summed E-state index contributed by atoms with van der Waals surface area (Å²) in [5, 5.41) is 15.6. The van der Waals surface area contributed by atoms with Crippen LogP contribution in [0.2, 0.25) is 0 Å². The Bertz CT molecular complexity index is 802. The Morgan fingerprint density at radius 3 is 2.59 bits per heavy atom. The van der Waals surface area contributed by atoms with E-state index in [2.05, 4.69) is 10.6 Å². The molecule has 0 bridgehead atoms. The summed E-state index contributed by atoms with van der Waals surface area (Å²) in [4.78, 5) is 38.0. The molecular formula is C25H34N2O5. The van der Waals surface area contributed by atoms with E-state index in [0.717, 1.165) is 31.2 Å². The van der Waals surface area contributed by atoms with Crippen molar-refractivity contribution in [2.45, 2.75) is 69.4 Å². The summed E-state index contributed by atoms with van der Waals surface area (Å²) in [5.74, 6) is -1.28. The third-order valence-corrected chi connectivity index (χ3v) is 6.32. The van der Waals surface area contributed by atoms with Gasteiger partial charge < -0.3 is 20.5 Å². The maximum absolute atomic E-state index is 13.0. The van der Waals surface area contributed by atoms with Gasteiger partial charge in [0.2, 0.25) is 11.8 Å². The first-order valence-electron chi connectivity index (χ1n) is 11.6. The summed E-state index contributed by atoms with van der Waals surface area (Å²) in [6, 6.07) is 9.34. The van der Waals surface area contributed by atoms with Crippen molar-refractivity contribution in [2.75, 3.05) is 13.2 Å². The molecule has 3 N–H and O–H groups in total. The predicted molar refractivity (Wildman–Crippen MR) is 120 cm³/mol. The molecule has 1 heterocycles. The Labute approximate surface area is 189 Å². The summed E-state index contributed by atoms with van der Waals surface area (Å²) in [6.07, 6.45) is 8.94. The average Bonchev–Trinajstić information content (AvgIpc) is 3.26. The Morgan fingerprint density at radius 1 is 1.12 bits per heavy atom. The standard InChI is InChI=1S/C25H34N2O5/c28-18-25(14-8-9-15-25)27-22(29)16-20-12-4-1-2-7-13-23(30)32-21(17-26-24(20)31)19-10-5-3-6-11-19/h1,3-6,10-11,20-21,28H,2,7-9,12-18H2,(H,26,31)(H,27,29)/t20-,21-/m1/s1. The lowest BCUT2D eigenvalue weighted by atomic mass is 9.95. The number of benzene rings is 1. The summed E-state index contributed by atoms with van der Waals surface area (Å²) < 4.78 is 5.65.